The molecule has 0 amide bonds. The summed E-state index contributed by atoms with van der Waals surface area (Å²) in [5.41, 5.74) is 2.52. The molecular weight excluding hydrogens is 250 g/mol. The second-order valence-electron chi connectivity index (χ2n) is 3.65. The first-order valence-corrected chi connectivity index (χ1v) is 6.65. The molecule has 1 atom stereocenters. The van der Waals surface area contributed by atoms with Crippen molar-refractivity contribution in [1.82, 2.24) is 9.97 Å². The molecule has 96 valence electrons. The Kier molecular flexibility index (Phi) is 4.06. The number of thioether (sulfide) groups is 1. The van der Waals surface area contributed by atoms with E-state index in [9.17, 15) is 0 Å². The van der Waals surface area contributed by atoms with Crippen LogP contribution in [0, 0.1) is 0 Å². The van der Waals surface area contributed by atoms with Crippen LogP contribution in [0.25, 0.3) is 0 Å². The summed E-state index contributed by atoms with van der Waals surface area (Å²) < 4.78 is 5.33. The van der Waals surface area contributed by atoms with E-state index in [0.29, 0.717) is 16.8 Å². The molecule has 6 nitrogen and oxygen atoms in total. The van der Waals surface area contributed by atoms with E-state index in [1.54, 1.807) is 12.3 Å². The molecule has 0 aromatic carbocycles. The number of aromatic nitrogens is 2. The van der Waals surface area contributed by atoms with Crippen molar-refractivity contribution in [2.75, 3.05) is 17.0 Å². The number of nitrogen functional groups attached to an aromatic ring is 1. The highest BCUT2D eigenvalue weighted by Crippen LogP contribution is 2.21. The van der Waals surface area contributed by atoms with Crippen molar-refractivity contribution < 1.29 is 4.42 Å². The van der Waals surface area contributed by atoms with Gasteiger partial charge in [-0.05, 0) is 25.3 Å². The molecule has 2 heterocycles. The summed E-state index contributed by atoms with van der Waals surface area (Å²) in [5.74, 6) is 7.49. The van der Waals surface area contributed by atoms with Crippen LogP contribution in [0.3, 0.4) is 0 Å². The summed E-state index contributed by atoms with van der Waals surface area (Å²) >= 11 is 1.46. The van der Waals surface area contributed by atoms with Crippen molar-refractivity contribution >= 4 is 23.4 Å². The van der Waals surface area contributed by atoms with Crippen LogP contribution in [0.5, 0.6) is 0 Å². The van der Waals surface area contributed by atoms with Crippen LogP contribution < -0.4 is 16.6 Å². The Bertz CT molecular complexity index is 480. The minimum atomic E-state index is 0.0234. The van der Waals surface area contributed by atoms with E-state index in [-0.39, 0.29) is 6.04 Å². The van der Waals surface area contributed by atoms with Crippen molar-refractivity contribution in [2.24, 2.45) is 5.84 Å². The molecule has 0 aliphatic heterocycles. The predicted octanol–water partition coefficient (Wildman–Crippen LogP) is 2.25. The average molecular weight is 265 g/mol. The Morgan fingerprint density at radius 1 is 1.39 bits per heavy atom. The minimum absolute atomic E-state index is 0.0234. The Labute approximate surface area is 109 Å². The highest BCUT2D eigenvalue weighted by atomic mass is 32.2. The van der Waals surface area contributed by atoms with Crippen LogP contribution in [0.15, 0.2) is 34.0 Å². The molecule has 0 aliphatic carbocycles. The van der Waals surface area contributed by atoms with Crippen molar-refractivity contribution in [3.63, 3.8) is 0 Å². The van der Waals surface area contributed by atoms with Crippen LogP contribution in [-0.2, 0) is 0 Å². The number of hydrazine groups is 1. The Balaban J connectivity index is 2.17. The van der Waals surface area contributed by atoms with Crippen LogP contribution in [-0.4, -0.2) is 16.2 Å². The summed E-state index contributed by atoms with van der Waals surface area (Å²) in [5, 5.41) is 3.89. The number of hydrogen-bond acceptors (Lipinski definition) is 7. The Morgan fingerprint density at radius 2 is 2.17 bits per heavy atom. The van der Waals surface area contributed by atoms with E-state index in [2.05, 4.69) is 20.7 Å². The highest BCUT2D eigenvalue weighted by molar-refractivity contribution is 7.98. The van der Waals surface area contributed by atoms with Gasteiger partial charge in [0.25, 0.3) is 0 Å². The maximum Gasteiger partial charge on any atom is 0.191 e. The maximum atomic E-state index is 5.37. The van der Waals surface area contributed by atoms with Gasteiger partial charge in [-0.15, -0.1) is 0 Å². The van der Waals surface area contributed by atoms with Gasteiger partial charge in [-0.1, -0.05) is 11.8 Å². The zero-order valence-electron chi connectivity index (χ0n) is 10.2. The van der Waals surface area contributed by atoms with Crippen LogP contribution in [0.4, 0.5) is 11.6 Å². The number of nitrogens with one attached hydrogen (secondary N) is 2. The lowest BCUT2D eigenvalue weighted by Crippen LogP contribution is -2.12. The van der Waals surface area contributed by atoms with Gasteiger partial charge in [0.15, 0.2) is 5.16 Å². The van der Waals surface area contributed by atoms with E-state index in [1.165, 1.54) is 11.8 Å². The van der Waals surface area contributed by atoms with Gasteiger partial charge in [0.2, 0.25) is 0 Å². The molecule has 0 aliphatic rings. The molecule has 0 bridgehead atoms. The summed E-state index contributed by atoms with van der Waals surface area (Å²) in [6, 6.07) is 5.54. The molecule has 0 radical (unpaired) electrons. The minimum Gasteiger partial charge on any atom is -0.467 e. The van der Waals surface area contributed by atoms with Crippen LogP contribution in [0.1, 0.15) is 18.7 Å². The molecule has 18 heavy (non-hydrogen) atoms. The fraction of sp³-hybridized carbons (Fsp3) is 0.273. The summed E-state index contributed by atoms with van der Waals surface area (Å²) in [7, 11) is 0. The zero-order valence-corrected chi connectivity index (χ0v) is 11.0. The highest BCUT2D eigenvalue weighted by Gasteiger charge is 2.10. The SMILES string of the molecule is CSc1nc(NN)cc(NC(C)c2ccco2)n1. The molecule has 0 fully saturated rings. The molecule has 0 saturated heterocycles. The summed E-state index contributed by atoms with van der Waals surface area (Å²) in [6.07, 6.45) is 3.56. The number of hydrogen-bond donors (Lipinski definition) is 3. The predicted molar refractivity (Wildman–Crippen MR) is 72.4 cm³/mol. The molecule has 0 saturated carbocycles. The lowest BCUT2D eigenvalue weighted by Gasteiger charge is -2.13. The molecule has 7 heteroatoms. The number of nitrogens with two attached hydrogens (primary N) is 1. The Hall–Kier alpha value is -1.73. The first-order valence-electron chi connectivity index (χ1n) is 5.42. The van der Waals surface area contributed by atoms with Gasteiger partial charge in [0.1, 0.15) is 17.4 Å². The van der Waals surface area contributed by atoms with Gasteiger partial charge in [0.05, 0.1) is 12.3 Å². The molecule has 2 aromatic heterocycles. The van der Waals surface area contributed by atoms with Gasteiger partial charge < -0.3 is 15.2 Å². The van der Waals surface area contributed by atoms with E-state index in [0.717, 1.165) is 5.76 Å². The normalized spacial score (nSPS) is 12.2. The van der Waals surface area contributed by atoms with E-state index >= 15 is 0 Å². The monoisotopic (exact) mass is 265 g/mol. The van der Waals surface area contributed by atoms with E-state index in [4.69, 9.17) is 10.3 Å². The van der Waals surface area contributed by atoms with Gasteiger partial charge in [0, 0.05) is 6.07 Å². The number of rotatable bonds is 5. The first kappa shape index (κ1) is 12.7. The van der Waals surface area contributed by atoms with Gasteiger partial charge in [-0.3, -0.25) is 0 Å². The lowest BCUT2D eigenvalue weighted by molar-refractivity contribution is 0.490. The smallest absolute Gasteiger partial charge is 0.191 e. The largest absolute Gasteiger partial charge is 0.467 e. The standard InChI is InChI=1S/C11H15N5OS/c1-7(8-4-3-5-17-8)13-9-6-10(16-12)15-11(14-9)18-2/h3-7H,12H2,1-2H3,(H2,13,14,15,16). The van der Waals surface area contributed by atoms with Crippen molar-refractivity contribution in [3.8, 4) is 0 Å². The Morgan fingerprint density at radius 3 is 2.78 bits per heavy atom. The van der Waals surface area contributed by atoms with E-state index < -0.39 is 0 Å². The zero-order chi connectivity index (χ0) is 13.0. The van der Waals surface area contributed by atoms with E-state index in [1.807, 2.05) is 25.3 Å². The van der Waals surface area contributed by atoms with Crippen molar-refractivity contribution in [1.29, 1.82) is 0 Å². The average Bonchev–Trinajstić information content (AvgIpc) is 2.92. The van der Waals surface area contributed by atoms with Gasteiger partial charge in [-0.25, -0.2) is 15.8 Å². The topological polar surface area (TPSA) is 89.0 Å². The number of nitrogens with zero attached hydrogens (tertiary/aromatic N) is 2. The van der Waals surface area contributed by atoms with Gasteiger partial charge in [-0.2, -0.15) is 0 Å². The maximum absolute atomic E-state index is 5.37. The quantitative estimate of drug-likeness (QED) is 0.330. The van der Waals surface area contributed by atoms with Crippen molar-refractivity contribution in [3.05, 3.63) is 30.2 Å². The van der Waals surface area contributed by atoms with Crippen molar-refractivity contribution in [2.45, 2.75) is 18.1 Å². The van der Waals surface area contributed by atoms with Gasteiger partial charge >= 0.3 is 0 Å². The summed E-state index contributed by atoms with van der Waals surface area (Å²) in [6.45, 7) is 2.00. The lowest BCUT2D eigenvalue weighted by atomic mass is 10.2. The third-order valence-electron chi connectivity index (χ3n) is 2.37. The fourth-order valence-electron chi connectivity index (χ4n) is 1.49. The molecule has 4 N–H and O–H groups in total. The second kappa shape index (κ2) is 5.74. The number of anilines is 2. The number of furan rings is 1. The fourth-order valence-corrected chi connectivity index (χ4v) is 1.87. The molecule has 0 spiro atoms. The first-order chi connectivity index (χ1) is 8.72. The van der Waals surface area contributed by atoms with Crippen LogP contribution >= 0.6 is 11.8 Å². The molecule has 2 rings (SSSR count). The summed E-state index contributed by atoms with van der Waals surface area (Å²) in [4.78, 5) is 8.55. The third-order valence-corrected chi connectivity index (χ3v) is 2.92. The van der Waals surface area contributed by atoms with Crippen LogP contribution in [0.2, 0.25) is 0 Å². The molecular formula is C11H15N5OS. The molecule has 1 unspecified atom stereocenters. The second-order valence-corrected chi connectivity index (χ2v) is 4.42. The third kappa shape index (κ3) is 2.93. The molecule has 2 aromatic rings.